The maximum absolute atomic E-state index is 3.79. The number of nitrogens with one attached hydrogen (secondary N) is 1. The van der Waals surface area contributed by atoms with Gasteiger partial charge in [0.25, 0.3) is 0 Å². The molecule has 0 aliphatic rings. The highest BCUT2D eigenvalue weighted by molar-refractivity contribution is 7.99. The van der Waals surface area contributed by atoms with Gasteiger partial charge in [-0.3, -0.25) is 0 Å². The third kappa shape index (κ3) is 9.00. The summed E-state index contributed by atoms with van der Waals surface area (Å²) in [6.45, 7) is 9.32. The molecule has 1 N–H and O–H groups in total. The summed E-state index contributed by atoms with van der Waals surface area (Å²) in [4.78, 5) is 1.39. The van der Waals surface area contributed by atoms with E-state index in [1.807, 2.05) is 17.8 Å². The molecule has 0 radical (unpaired) electrons. The highest BCUT2D eigenvalue weighted by atomic mass is 32.2. The first-order chi connectivity index (χ1) is 10.3. The molecular weight excluding hydrogens is 274 g/mol. The maximum atomic E-state index is 3.79. The van der Waals surface area contributed by atoms with Crippen molar-refractivity contribution >= 4 is 11.8 Å². The van der Waals surface area contributed by atoms with Gasteiger partial charge in [-0.25, -0.2) is 0 Å². The Morgan fingerprint density at radius 2 is 2.14 bits per heavy atom. The molecule has 0 fully saturated rings. The van der Waals surface area contributed by atoms with Crippen molar-refractivity contribution in [3.63, 3.8) is 0 Å². The summed E-state index contributed by atoms with van der Waals surface area (Å²) in [6, 6.07) is 9.46. The lowest BCUT2D eigenvalue weighted by molar-refractivity contribution is 0.490. The van der Waals surface area contributed by atoms with Crippen LogP contribution in [-0.4, -0.2) is 18.3 Å². The first kappa shape index (κ1) is 18.3. The van der Waals surface area contributed by atoms with Crippen molar-refractivity contribution < 1.29 is 0 Å². The number of aryl methyl sites for hydroxylation is 1. The second-order valence-corrected chi connectivity index (χ2v) is 6.80. The van der Waals surface area contributed by atoms with Gasteiger partial charge >= 0.3 is 0 Å². The van der Waals surface area contributed by atoms with E-state index in [9.17, 15) is 0 Å². The lowest BCUT2D eigenvalue weighted by Gasteiger charge is -2.18. The van der Waals surface area contributed by atoms with Gasteiger partial charge in [0.1, 0.15) is 0 Å². The Morgan fingerprint density at radius 1 is 1.29 bits per heavy atom. The van der Waals surface area contributed by atoms with Gasteiger partial charge in [0.15, 0.2) is 0 Å². The Balaban J connectivity index is 2.32. The van der Waals surface area contributed by atoms with Crippen LogP contribution in [0.2, 0.25) is 0 Å². The van der Waals surface area contributed by atoms with E-state index >= 15 is 0 Å². The quantitative estimate of drug-likeness (QED) is 0.307. The van der Waals surface area contributed by atoms with E-state index in [1.165, 1.54) is 48.3 Å². The number of benzene rings is 1. The minimum atomic E-state index is 0.638. The van der Waals surface area contributed by atoms with Crippen molar-refractivity contribution in [2.45, 2.75) is 63.3 Å². The molecule has 0 saturated carbocycles. The van der Waals surface area contributed by atoms with E-state index in [4.69, 9.17) is 0 Å². The summed E-state index contributed by atoms with van der Waals surface area (Å²) in [5, 5.41) is 3.70. The van der Waals surface area contributed by atoms with Crippen LogP contribution in [0.15, 0.2) is 41.8 Å². The first-order valence-electron chi connectivity index (χ1n) is 8.30. The van der Waals surface area contributed by atoms with Crippen molar-refractivity contribution in [2.24, 2.45) is 0 Å². The zero-order chi connectivity index (χ0) is 15.3. The van der Waals surface area contributed by atoms with Crippen LogP contribution >= 0.6 is 11.8 Å². The van der Waals surface area contributed by atoms with Gasteiger partial charge in [0.2, 0.25) is 0 Å². The van der Waals surface area contributed by atoms with Crippen LogP contribution in [0.3, 0.4) is 0 Å². The van der Waals surface area contributed by atoms with Crippen LogP contribution in [-0.2, 0) is 0 Å². The molecule has 0 aliphatic heterocycles. The van der Waals surface area contributed by atoms with Gasteiger partial charge < -0.3 is 5.32 Å². The highest BCUT2D eigenvalue weighted by Crippen LogP contribution is 2.21. The normalized spacial score (nSPS) is 12.3. The van der Waals surface area contributed by atoms with Gasteiger partial charge in [-0.05, 0) is 51.3 Å². The molecule has 0 bridgehead atoms. The van der Waals surface area contributed by atoms with E-state index in [0.29, 0.717) is 6.04 Å². The van der Waals surface area contributed by atoms with Crippen molar-refractivity contribution in [3.8, 4) is 0 Å². The zero-order valence-electron chi connectivity index (χ0n) is 13.7. The molecule has 0 saturated heterocycles. The molecule has 0 amide bonds. The van der Waals surface area contributed by atoms with Gasteiger partial charge in [0.05, 0.1) is 0 Å². The number of thioether (sulfide) groups is 1. The standard InChI is InChI=1S/C19H31NS/c1-4-6-7-8-9-12-18(20-14-5-2)16-21-19-13-10-11-17(3)15-19/h4,10-11,13,15,18,20H,1,5-9,12,14,16H2,2-3H3. The smallest absolute Gasteiger partial charge is 0.0161 e. The van der Waals surface area contributed by atoms with E-state index in [0.717, 1.165) is 13.0 Å². The Hall–Kier alpha value is -0.730. The lowest BCUT2D eigenvalue weighted by atomic mass is 10.1. The molecule has 0 aromatic heterocycles. The number of allylic oxidation sites excluding steroid dienone is 1. The first-order valence-corrected chi connectivity index (χ1v) is 9.28. The highest BCUT2D eigenvalue weighted by Gasteiger charge is 2.08. The summed E-state index contributed by atoms with van der Waals surface area (Å²) in [6.07, 6.45) is 9.62. The van der Waals surface area contributed by atoms with Gasteiger partial charge in [-0.1, -0.05) is 43.5 Å². The molecule has 0 spiro atoms. The summed E-state index contributed by atoms with van der Waals surface area (Å²) in [5.74, 6) is 1.17. The third-order valence-corrected chi connectivity index (χ3v) is 4.74. The molecular formula is C19H31NS. The minimum absolute atomic E-state index is 0.638. The molecule has 0 heterocycles. The molecule has 21 heavy (non-hydrogen) atoms. The number of rotatable bonds is 12. The van der Waals surface area contributed by atoms with Crippen molar-refractivity contribution in [2.75, 3.05) is 12.3 Å². The molecule has 1 aromatic rings. The maximum Gasteiger partial charge on any atom is 0.0161 e. The summed E-state index contributed by atoms with van der Waals surface area (Å²) in [7, 11) is 0. The van der Waals surface area contributed by atoms with Crippen LogP contribution in [0.4, 0.5) is 0 Å². The molecule has 1 nitrogen and oxygen atoms in total. The van der Waals surface area contributed by atoms with Crippen molar-refractivity contribution in [3.05, 3.63) is 42.5 Å². The SMILES string of the molecule is C=CCCCCCC(CSc1cccc(C)c1)NCCC. The molecule has 0 aliphatic carbocycles. The minimum Gasteiger partial charge on any atom is -0.313 e. The predicted octanol–water partition coefficient (Wildman–Crippen LogP) is 5.59. The summed E-state index contributed by atoms with van der Waals surface area (Å²) >= 11 is 1.98. The van der Waals surface area contributed by atoms with Crippen LogP contribution < -0.4 is 5.32 Å². The summed E-state index contributed by atoms with van der Waals surface area (Å²) in [5.41, 5.74) is 1.35. The zero-order valence-corrected chi connectivity index (χ0v) is 14.6. The average Bonchev–Trinajstić information content (AvgIpc) is 2.49. The number of hydrogen-bond donors (Lipinski definition) is 1. The molecule has 118 valence electrons. The lowest BCUT2D eigenvalue weighted by Crippen LogP contribution is -2.31. The largest absolute Gasteiger partial charge is 0.313 e. The topological polar surface area (TPSA) is 12.0 Å². The van der Waals surface area contributed by atoms with Crippen LogP contribution in [0.25, 0.3) is 0 Å². The number of unbranched alkanes of at least 4 members (excludes halogenated alkanes) is 3. The second kappa shape index (κ2) is 11.9. The van der Waals surface area contributed by atoms with Gasteiger partial charge in [0, 0.05) is 16.7 Å². The Morgan fingerprint density at radius 3 is 2.86 bits per heavy atom. The monoisotopic (exact) mass is 305 g/mol. The molecule has 2 heteroatoms. The Labute approximate surface area is 135 Å². The van der Waals surface area contributed by atoms with E-state index in [2.05, 4.69) is 50.0 Å². The van der Waals surface area contributed by atoms with Crippen LogP contribution in [0, 0.1) is 6.92 Å². The van der Waals surface area contributed by atoms with E-state index in [1.54, 1.807) is 0 Å². The van der Waals surface area contributed by atoms with Gasteiger partial charge in [-0.2, -0.15) is 0 Å². The van der Waals surface area contributed by atoms with Crippen LogP contribution in [0.5, 0.6) is 0 Å². The summed E-state index contributed by atoms with van der Waals surface area (Å²) < 4.78 is 0. The van der Waals surface area contributed by atoms with Crippen LogP contribution in [0.1, 0.15) is 51.0 Å². The Kier molecular flexibility index (Phi) is 10.4. The van der Waals surface area contributed by atoms with E-state index in [-0.39, 0.29) is 0 Å². The fourth-order valence-electron chi connectivity index (χ4n) is 2.35. The van der Waals surface area contributed by atoms with Crippen molar-refractivity contribution in [1.29, 1.82) is 0 Å². The second-order valence-electron chi connectivity index (χ2n) is 5.71. The number of hydrogen-bond acceptors (Lipinski definition) is 2. The molecule has 1 unspecified atom stereocenters. The predicted molar refractivity (Wildman–Crippen MR) is 97.3 cm³/mol. The Bertz CT molecular complexity index is 389. The fourth-order valence-corrected chi connectivity index (χ4v) is 3.47. The molecule has 1 rings (SSSR count). The van der Waals surface area contributed by atoms with Gasteiger partial charge in [-0.15, -0.1) is 18.3 Å². The molecule has 1 aromatic carbocycles. The fraction of sp³-hybridized carbons (Fsp3) is 0.579. The van der Waals surface area contributed by atoms with E-state index < -0.39 is 0 Å². The third-order valence-electron chi connectivity index (χ3n) is 3.58. The molecule has 1 atom stereocenters. The van der Waals surface area contributed by atoms with Crippen molar-refractivity contribution in [1.82, 2.24) is 5.32 Å². The average molecular weight is 306 g/mol.